The molecule has 3 heteroatoms. The minimum atomic E-state index is 0.477. The van der Waals surface area contributed by atoms with E-state index in [9.17, 15) is 0 Å². The van der Waals surface area contributed by atoms with E-state index in [0.29, 0.717) is 18.7 Å². The van der Waals surface area contributed by atoms with Crippen molar-refractivity contribution < 1.29 is 4.74 Å². The number of pyridine rings is 1. The highest BCUT2D eigenvalue weighted by molar-refractivity contribution is 5.29. The van der Waals surface area contributed by atoms with Crippen LogP contribution in [0.3, 0.4) is 0 Å². The summed E-state index contributed by atoms with van der Waals surface area (Å²) in [5.74, 6) is 0.813. The summed E-state index contributed by atoms with van der Waals surface area (Å²) in [6.07, 6.45) is 4.29. The molecule has 1 aromatic heterocycles. The molecule has 94 valence electrons. The molecular weight excluding hydrogens is 212 g/mol. The van der Waals surface area contributed by atoms with Crippen LogP contribution in [0.4, 0.5) is 0 Å². The van der Waals surface area contributed by atoms with Gasteiger partial charge < -0.3 is 4.74 Å². The average molecular weight is 234 g/mol. The molecule has 3 nitrogen and oxygen atoms in total. The summed E-state index contributed by atoms with van der Waals surface area (Å²) < 4.78 is 5.64. The number of ether oxygens (including phenoxy) is 1. The van der Waals surface area contributed by atoms with E-state index in [1.165, 1.54) is 24.9 Å². The lowest BCUT2D eigenvalue weighted by Crippen LogP contribution is -2.30. The Bertz CT molecular complexity index is 365. The SMILES string of the molecule is CCOc1ncccc1C1CCCN1C(C)C. The number of rotatable bonds is 4. The molecule has 1 unspecified atom stereocenters. The van der Waals surface area contributed by atoms with Gasteiger partial charge >= 0.3 is 0 Å². The van der Waals surface area contributed by atoms with Crippen LogP contribution < -0.4 is 4.74 Å². The van der Waals surface area contributed by atoms with Gasteiger partial charge in [0.05, 0.1) is 6.61 Å². The highest BCUT2D eigenvalue weighted by Gasteiger charge is 2.30. The molecule has 17 heavy (non-hydrogen) atoms. The van der Waals surface area contributed by atoms with Crippen molar-refractivity contribution in [3.05, 3.63) is 23.9 Å². The number of likely N-dealkylation sites (tertiary alicyclic amines) is 1. The van der Waals surface area contributed by atoms with E-state index in [4.69, 9.17) is 4.74 Å². The molecular formula is C14H22N2O. The van der Waals surface area contributed by atoms with E-state index >= 15 is 0 Å². The highest BCUT2D eigenvalue weighted by Crippen LogP contribution is 2.36. The Morgan fingerprint density at radius 1 is 1.53 bits per heavy atom. The van der Waals surface area contributed by atoms with Gasteiger partial charge in [-0.25, -0.2) is 4.98 Å². The first kappa shape index (κ1) is 12.4. The Balaban J connectivity index is 2.26. The van der Waals surface area contributed by atoms with E-state index in [1.54, 1.807) is 0 Å². The van der Waals surface area contributed by atoms with Crippen LogP contribution in [0, 0.1) is 0 Å². The lowest BCUT2D eigenvalue weighted by atomic mass is 10.1. The van der Waals surface area contributed by atoms with Gasteiger partial charge in [0.15, 0.2) is 0 Å². The Labute approximate surface area is 104 Å². The summed E-state index contributed by atoms with van der Waals surface area (Å²) in [5.41, 5.74) is 1.25. The zero-order chi connectivity index (χ0) is 12.3. The second kappa shape index (κ2) is 5.50. The van der Waals surface area contributed by atoms with Crippen LogP contribution in [0.1, 0.15) is 45.2 Å². The number of hydrogen-bond acceptors (Lipinski definition) is 3. The first-order chi connectivity index (χ1) is 8.24. The van der Waals surface area contributed by atoms with E-state index in [1.807, 2.05) is 19.2 Å². The van der Waals surface area contributed by atoms with Crippen LogP contribution in [0.25, 0.3) is 0 Å². The predicted octanol–water partition coefficient (Wildman–Crippen LogP) is 3.03. The maximum absolute atomic E-state index is 5.64. The molecule has 1 fully saturated rings. The lowest BCUT2D eigenvalue weighted by Gasteiger charge is -2.29. The summed E-state index contributed by atoms with van der Waals surface area (Å²) in [6, 6.07) is 5.22. The van der Waals surface area contributed by atoms with Gasteiger partial charge in [0.2, 0.25) is 5.88 Å². The van der Waals surface area contributed by atoms with Gasteiger partial charge in [-0.3, -0.25) is 4.90 Å². The molecule has 0 radical (unpaired) electrons. The van der Waals surface area contributed by atoms with Gasteiger partial charge in [0.1, 0.15) is 0 Å². The summed E-state index contributed by atoms with van der Waals surface area (Å²) >= 11 is 0. The number of nitrogens with zero attached hydrogens (tertiary/aromatic N) is 2. The van der Waals surface area contributed by atoms with Crippen LogP contribution >= 0.6 is 0 Å². The molecule has 0 spiro atoms. The molecule has 2 heterocycles. The molecule has 0 aliphatic carbocycles. The Hall–Kier alpha value is -1.09. The van der Waals surface area contributed by atoms with Gasteiger partial charge in [-0.15, -0.1) is 0 Å². The number of aromatic nitrogens is 1. The molecule has 0 saturated carbocycles. The standard InChI is InChI=1S/C14H22N2O/c1-4-17-14-12(7-5-9-15-14)13-8-6-10-16(13)11(2)3/h5,7,9,11,13H,4,6,8,10H2,1-3H3. The first-order valence-electron chi connectivity index (χ1n) is 6.57. The Kier molecular flexibility index (Phi) is 4.00. The minimum absolute atomic E-state index is 0.477. The zero-order valence-corrected chi connectivity index (χ0v) is 11.0. The van der Waals surface area contributed by atoms with Crippen molar-refractivity contribution in [3.63, 3.8) is 0 Å². The van der Waals surface area contributed by atoms with Crippen molar-refractivity contribution >= 4 is 0 Å². The maximum Gasteiger partial charge on any atom is 0.218 e. The van der Waals surface area contributed by atoms with Crippen LogP contribution in [-0.2, 0) is 0 Å². The first-order valence-corrected chi connectivity index (χ1v) is 6.57. The lowest BCUT2D eigenvalue weighted by molar-refractivity contribution is 0.199. The normalized spacial score (nSPS) is 21.1. The summed E-state index contributed by atoms with van der Waals surface area (Å²) in [5, 5.41) is 0. The topological polar surface area (TPSA) is 25.4 Å². The highest BCUT2D eigenvalue weighted by atomic mass is 16.5. The van der Waals surface area contributed by atoms with E-state index < -0.39 is 0 Å². The van der Waals surface area contributed by atoms with Crippen LogP contribution in [0.2, 0.25) is 0 Å². The fourth-order valence-corrected chi connectivity index (χ4v) is 2.66. The molecule has 1 aliphatic heterocycles. The third-order valence-corrected chi connectivity index (χ3v) is 3.40. The van der Waals surface area contributed by atoms with Crippen molar-refractivity contribution in [1.29, 1.82) is 0 Å². The molecule has 0 amide bonds. The van der Waals surface area contributed by atoms with Crippen molar-refractivity contribution in [2.75, 3.05) is 13.2 Å². The van der Waals surface area contributed by atoms with Crippen molar-refractivity contribution in [2.45, 2.75) is 45.7 Å². The zero-order valence-electron chi connectivity index (χ0n) is 11.0. The molecule has 1 saturated heterocycles. The van der Waals surface area contributed by atoms with Gasteiger partial charge in [-0.05, 0) is 46.2 Å². The van der Waals surface area contributed by atoms with E-state index in [0.717, 1.165) is 5.88 Å². The van der Waals surface area contributed by atoms with Crippen molar-refractivity contribution in [2.24, 2.45) is 0 Å². The van der Waals surface area contributed by atoms with Crippen molar-refractivity contribution in [3.8, 4) is 5.88 Å². The summed E-state index contributed by atoms with van der Waals surface area (Å²) in [6.45, 7) is 8.39. The predicted molar refractivity (Wildman–Crippen MR) is 69.2 cm³/mol. The van der Waals surface area contributed by atoms with Crippen LogP contribution in [0.15, 0.2) is 18.3 Å². The minimum Gasteiger partial charge on any atom is -0.478 e. The van der Waals surface area contributed by atoms with Gasteiger partial charge in [-0.1, -0.05) is 6.07 Å². The van der Waals surface area contributed by atoms with Crippen molar-refractivity contribution in [1.82, 2.24) is 9.88 Å². The van der Waals surface area contributed by atoms with Gasteiger partial charge in [0, 0.05) is 23.8 Å². The van der Waals surface area contributed by atoms with Crippen LogP contribution in [0.5, 0.6) is 5.88 Å². The number of hydrogen-bond donors (Lipinski definition) is 0. The Morgan fingerprint density at radius 3 is 3.06 bits per heavy atom. The third kappa shape index (κ3) is 2.60. The van der Waals surface area contributed by atoms with Crippen LogP contribution in [-0.4, -0.2) is 29.1 Å². The quantitative estimate of drug-likeness (QED) is 0.800. The van der Waals surface area contributed by atoms with E-state index in [-0.39, 0.29) is 0 Å². The summed E-state index contributed by atoms with van der Waals surface area (Å²) in [4.78, 5) is 6.90. The monoisotopic (exact) mass is 234 g/mol. The Morgan fingerprint density at radius 2 is 2.35 bits per heavy atom. The molecule has 0 N–H and O–H groups in total. The molecule has 1 aliphatic rings. The average Bonchev–Trinajstić information content (AvgIpc) is 2.79. The third-order valence-electron chi connectivity index (χ3n) is 3.40. The molecule has 0 aromatic carbocycles. The molecule has 1 atom stereocenters. The maximum atomic E-state index is 5.64. The molecule has 1 aromatic rings. The smallest absolute Gasteiger partial charge is 0.218 e. The van der Waals surface area contributed by atoms with Gasteiger partial charge in [-0.2, -0.15) is 0 Å². The molecule has 2 rings (SSSR count). The largest absolute Gasteiger partial charge is 0.478 e. The van der Waals surface area contributed by atoms with Gasteiger partial charge in [0.25, 0.3) is 0 Å². The summed E-state index contributed by atoms with van der Waals surface area (Å²) in [7, 11) is 0. The fraction of sp³-hybridized carbons (Fsp3) is 0.643. The molecule has 0 bridgehead atoms. The fourth-order valence-electron chi connectivity index (χ4n) is 2.66. The second-order valence-corrected chi connectivity index (χ2v) is 4.82. The van der Waals surface area contributed by atoms with E-state index in [2.05, 4.69) is 29.8 Å². The second-order valence-electron chi connectivity index (χ2n) is 4.82.